The predicted octanol–water partition coefficient (Wildman–Crippen LogP) is 2.76. The number of esters is 1. The van der Waals surface area contributed by atoms with Crippen molar-refractivity contribution >= 4 is 23.8 Å². The average Bonchev–Trinajstić information content (AvgIpc) is 2.56. The number of hydrogen-bond acceptors (Lipinski definition) is 5. The number of carbonyl (C=O) groups is 2. The fourth-order valence-electron chi connectivity index (χ4n) is 1.64. The second-order valence-corrected chi connectivity index (χ2v) is 5.46. The molecule has 0 saturated carbocycles. The highest BCUT2D eigenvalue weighted by atomic mass is 32.2. The zero-order chi connectivity index (χ0) is 16.2. The van der Waals surface area contributed by atoms with Crippen LogP contribution in [0.4, 0.5) is 4.79 Å². The number of thioether (sulfide) groups is 1. The highest BCUT2D eigenvalue weighted by molar-refractivity contribution is 7.98. The van der Waals surface area contributed by atoms with Crippen LogP contribution in [0.5, 0.6) is 0 Å². The highest BCUT2D eigenvalue weighted by Gasteiger charge is 2.11. The van der Waals surface area contributed by atoms with Gasteiger partial charge in [0.2, 0.25) is 0 Å². The van der Waals surface area contributed by atoms with E-state index in [1.807, 2.05) is 36.6 Å². The molecule has 1 atom stereocenters. The third-order valence-electron chi connectivity index (χ3n) is 2.81. The Morgan fingerprint density at radius 1 is 1.32 bits per heavy atom. The minimum Gasteiger partial charge on any atom is -0.466 e. The summed E-state index contributed by atoms with van der Waals surface area (Å²) < 4.78 is 9.71. The lowest BCUT2D eigenvalue weighted by atomic mass is 10.2. The molecule has 120 valence electrons. The number of nitrogens with one attached hydrogen (secondary N) is 1. The molecule has 0 saturated heterocycles. The topological polar surface area (TPSA) is 64.6 Å². The van der Waals surface area contributed by atoms with Gasteiger partial charge in [-0.05, 0) is 24.0 Å². The average molecular weight is 323 g/mol. The summed E-state index contributed by atoms with van der Waals surface area (Å²) in [6.45, 7) is 0.211. The first-order valence-electron chi connectivity index (χ1n) is 6.88. The molecule has 0 aliphatic rings. The van der Waals surface area contributed by atoms with Gasteiger partial charge in [0.1, 0.15) is 6.61 Å². The van der Waals surface area contributed by atoms with E-state index >= 15 is 0 Å². The van der Waals surface area contributed by atoms with Gasteiger partial charge in [-0.15, -0.1) is 0 Å². The molecule has 0 radical (unpaired) electrons. The molecular weight excluding hydrogens is 302 g/mol. The van der Waals surface area contributed by atoms with E-state index in [9.17, 15) is 9.59 Å². The molecule has 1 amide bonds. The quantitative estimate of drug-likeness (QED) is 0.589. The smallest absolute Gasteiger partial charge is 0.407 e. The van der Waals surface area contributed by atoms with Crippen LogP contribution >= 0.6 is 11.8 Å². The van der Waals surface area contributed by atoms with Gasteiger partial charge in [0.05, 0.1) is 13.2 Å². The van der Waals surface area contributed by atoms with E-state index in [2.05, 4.69) is 10.1 Å². The summed E-state index contributed by atoms with van der Waals surface area (Å²) in [5, 5.41) is 2.73. The van der Waals surface area contributed by atoms with E-state index < -0.39 is 12.1 Å². The van der Waals surface area contributed by atoms with Crippen LogP contribution in [0.3, 0.4) is 0 Å². The predicted molar refractivity (Wildman–Crippen MR) is 87.7 cm³/mol. The highest BCUT2D eigenvalue weighted by Crippen LogP contribution is 2.04. The number of alkyl carbamates (subject to hydrolysis) is 1. The van der Waals surface area contributed by atoms with Crippen LogP contribution in [-0.2, 0) is 20.9 Å². The van der Waals surface area contributed by atoms with Gasteiger partial charge in [-0.25, -0.2) is 9.59 Å². The molecular formula is C16H21NO4S. The summed E-state index contributed by atoms with van der Waals surface area (Å²) in [7, 11) is 1.31. The molecule has 0 aliphatic carbocycles. The fourth-order valence-corrected chi connectivity index (χ4v) is 2.13. The van der Waals surface area contributed by atoms with Crippen LogP contribution in [0.1, 0.15) is 12.0 Å². The maximum absolute atomic E-state index is 11.8. The summed E-state index contributed by atoms with van der Waals surface area (Å²) in [5.41, 5.74) is 0.920. The van der Waals surface area contributed by atoms with Crippen molar-refractivity contribution in [1.82, 2.24) is 5.32 Å². The minimum atomic E-state index is -0.510. The summed E-state index contributed by atoms with van der Waals surface area (Å²) in [6.07, 6.45) is 5.10. The monoisotopic (exact) mass is 323 g/mol. The third kappa shape index (κ3) is 7.73. The lowest BCUT2D eigenvalue weighted by Crippen LogP contribution is -2.34. The molecule has 5 nitrogen and oxygen atoms in total. The Labute approximate surface area is 135 Å². The number of methoxy groups -OCH3 is 1. The van der Waals surface area contributed by atoms with Gasteiger partial charge in [0, 0.05) is 6.08 Å². The van der Waals surface area contributed by atoms with Gasteiger partial charge in [0.25, 0.3) is 0 Å². The van der Waals surface area contributed by atoms with Gasteiger partial charge in [-0.1, -0.05) is 36.4 Å². The maximum Gasteiger partial charge on any atom is 0.407 e. The van der Waals surface area contributed by atoms with E-state index in [0.717, 1.165) is 11.3 Å². The van der Waals surface area contributed by atoms with Gasteiger partial charge in [0.15, 0.2) is 0 Å². The Balaban J connectivity index is 2.47. The van der Waals surface area contributed by atoms with Crippen LogP contribution < -0.4 is 5.32 Å². The van der Waals surface area contributed by atoms with Crippen molar-refractivity contribution < 1.29 is 19.1 Å². The molecule has 6 heteroatoms. The van der Waals surface area contributed by atoms with E-state index in [0.29, 0.717) is 6.42 Å². The Morgan fingerprint density at radius 3 is 2.68 bits per heavy atom. The zero-order valence-electron chi connectivity index (χ0n) is 12.8. The summed E-state index contributed by atoms with van der Waals surface area (Å²) in [5.74, 6) is 0.406. The van der Waals surface area contributed by atoms with Crippen molar-refractivity contribution in [3.05, 3.63) is 48.0 Å². The molecule has 0 heterocycles. The van der Waals surface area contributed by atoms with E-state index in [-0.39, 0.29) is 12.6 Å². The molecule has 0 bridgehead atoms. The largest absolute Gasteiger partial charge is 0.466 e. The van der Waals surface area contributed by atoms with Crippen LogP contribution in [0.15, 0.2) is 42.5 Å². The van der Waals surface area contributed by atoms with E-state index in [4.69, 9.17) is 4.74 Å². The lowest BCUT2D eigenvalue weighted by Gasteiger charge is -2.14. The maximum atomic E-state index is 11.8. The number of ether oxygens (including phenoxy) is 2. The molecule has 1 aromatic rings. The van der Waals surface area contributed by atoms with Crippen molar-refractivity contribution in [1.29, 1.82) is 0 Å². The third-order valence-corrected chi connectivity index (χ3v) is 3.46. The lowest BCUT2D eigenvalue weighted by molar-refractivity contribution is -0.134. The molecule has 1 N–H and O–H groups in total. The van der Waals surface area contributed by atoms with Crippen molar-refractivity contribution in [2.75, 3.05) is 19.1 Å². The number of rotatable bonds is 8. The normalized spacial score (nSPS) is 11.9. The zero-order valence-corrected chi connectivity index (χ0v) is 13.6. The Hall–Kier alpha value is -1.95. The fraction of sp³-hybridized carbons (Fsp3) is 0.375. The Kier molecular flexibility index (Phi) is 8.83. The molecule has 1 rings (SSSR count). The van der Waals surface area contributed by atoms with Gasteiger partial charge in [-0.3, -0.25) is 0 Å². The molecule has 0 spiro atoms. The van der Waals surface area contributed by atoms with Crippen LogP contribution in [0, 0.1) is 0 Å². The summed E-state index contributed by atoms with van der Waals surface area (Å²) in [6, 6.07) is 9.17. The first kappa shape index (κ1) is 18.1. The van der Waals surface area contributed by atoms with Crippen LogP contribution in [-0.4, -0.2) is 37.2 Å². The summed E-state index contributed by atoms with van der Waals surface area (Å²) in [4.78, 5) is 22.9. The SMILES string of the molecule is COC(=O)/C=C/[C@H](CCSC)NC(=O)OCc1ccccc1. The Morgan fingerprint density at radius 2 is 2.05 bits per heavy atom. The van der Waals surface area contributed by atoms with Gasteiger partial charge < -0.3 is 14.8 Å². The first-order chi connectivity index (χ1) is 10.7. The van der Waals surface area contributed by atoms with Crippen molar-refractivity contribution in [3.63, 3.8) is 0 Å². The molecule has 0 aliphatic heterocycles. The molecule has 0 aromatic heterocycles. The van der Waals surface area contributed by atoms with Gasteiger partial charge >= 0.3 is 12.1 Å². The van der Waals surface area contributed by atoms with Crippen molar-refractivity contribution in [2.45, 2.75) is 19.1 Å². The van der Waals surface area contributed by atoms with Crippen LogP contribution in [0.25, 0.3) is 0 Å². The second kappa shape index (κ2) is 10.7. The van der Waals surface area contributed by atoms with Crippen molar-refractivity contribution in [3.8, 4) is 0 Å². The number of hydrogen-bond donors (Lipinski definition) is 1. The molecule has 1 aromatic carbocycles. The standard InChI is InChI=1S/C16H21NO4S/c1-20-15(18)9-8-14(10-11-22-2)17-16(19)21-12-13-6-4-3-5-7-13/h3-9,14H,10-12H2,1-2H3,(H,17,19)/b9-8+/t14-/m1/s1. The number of carbonyl (C=O) groups excluding carboxylic acids is 2. The van der Waals surface area contributed by atoms with Crippen LogP contribution in [0.2, 0.25) is 0 Å². The first-order valence-corrected chi connectivity index (χ1v) is 8.27. The summed E-state index contributed by atoms with van der Waals surface area (Å²) >= 11 is 1.67. The molecule has 0 fully saturated rings. The number of benzene rings is 1. The minimum absolute atomic E-state index is 0.211. The molecule has 0 unspecified atom stereocenters. The van der Waals surface area contributed by atoms with E-state index in [1.165, 1.54) is 13.2 Å². The van der Waals surface area contributed by atoms with Gasteiger partial charge in [-0.2, -0.15) is 11.8 Å². The second-order valence-electron chi connectivity index (χ2n) is 4.48. The molecule has 22 heavy (non-hydrogen) atoms. The Bertz CT molecular complexity index is 490. The number of amides is 1. The van der Waals surface area contributed by atoms with Crippen molar-refractivity contribution in [2.24, 2.45) is 0 Å². The van der Waals surface area contributed by atoms with E-state index in [1.54, 1.807) is 17.8 Å².